The second-order valence-electron chi connectivity index (χ2n) is 5.86. The summed E-state index contributed by atoms with van der Waals surface area (Å²) in [5.41, 5.74) is 1.27. The van der Waals surface area contributed by atoms with Gasteiger partial charge in [0, 0.05) is 6.04 Å². The molecule has 0 radical (unpaired) electrons. The molecule has 1 aliphatic rings. The van der Waals surface area contributed by atoms with Crippen molar-refractivity contribution in [1.29, 1.82) is 0 Å². The predicted octanol–water partition coefficient (Wildman–Crippen LogP) is 4.54. The Bertz CT molecular complexity index is 499. The summed E-state index contributed by atoms with van der Waals surface area (Å²) in [6.45, 7) is 2.31. The van der Waals surface area contributed by atoms with Gasteiger partial charge in [0.1, 0.15) is 5.76 Å². The van der Waals surface area contributed by atoms with E-state index in [1.54, 1.807) is 6.26 Å². The van der Waals surface area contributed by atoms with Gasteiger partial charge < -0.3 is 9.73 Å². The van der Waals surface area contributed by atoms with Gasteiger partial charge in [0.15, 0.2) is 0 Å². The van der Waals surface area contributed by atoms with Crippen molar-refractivity contribution < 1.29 is 4.42 Å². The highest BCUT2D eigenvalue weighted by Gasteiger charge is 2.25. The third-order valence-electron chi connectivity index (χ3n) is 4.50. The van der Waals surface area contributed by atoms with Crippen LogP contribution in [0.25, 0.3) is 0 Å². The summed E-state index contributed by atoms with van der Waals surface area (Å²) in [5, 5.41) is 3.78. The zero-order chi connectivity index (χ0) is 13.8. The molecule has 3 rings (SSSR count). The molecule has 2 atom stereocenters. The van der Waals surface area contributed by atoms with Crippen molar-refractivity contribution in [3.05, 3.63) is 60.1 Å². The van der Waals surface area contributed by atoms with Gasteiger partial charge in [-0.3, -0.25) is 0 Å². The van der Waals surface area contributed by atoms with Crippen LogP contribution in [0.2, 0.25) is 0 Å². The number of nitrogens with one attached hydrogen (secondary N) is 1. The molecule has 1 heterocycles. The van der Waals surface area contributed by atoms with E-state index in [1.807, 2.05) is 6.07 Å². The second-order valence-corrected chi connectivity index (χ2v) is 5.86. The van der Waals surface area contributed by atoms with Crippen LogP contribution in [0.15, 0.2) is 53.1 Å². The van der Waals surface area contributed by atoms with Crippen molar-refractivity contribution in [3.63, 3.8) is 0 Å². The number of hydrogen-bond donors (Lipinski definition) is 1. The molecule has 1 fully saturated rings. The van der Waals surface area contributed by atoms with Gasteiger partial charge in [-0.25, -0.2) is 0 Å². The molecular formula is C18H23NO. The summed E-state index contributed by atoms with van der Waals surface area (Å²) in [7, 11) is 0. The van der Waals surface area contributed by atoms with E-state index in [0.717, 1.165) is 11.7 Å². The van der Waals surface area contributed by atoms with Gasteiger partial charge in [0.25, 0.3) is 0 Å². The molecule has 1 aromatic carbocycles. The van der Waals surface area contributed by atoms with Crippen molar-refractivity contribution in [3.8, 4) is 0 Å². The van der Waals surface area contributed by atoms with Gasteiger partial charge in [-0.2, -0.15) is 0 Å². The Morgan fingerprint density at radius 2 is 1.80 bits per heavy atom. The Balaban J connectivity index is 1.79. The first-order valence-corrected chi connectivity index (χ1v) is 7.69. The molecule has 0 aliphatic heterocycles. The Morgan fingerprint density at radius 1 is 1.05 bits per heavy atom. The fourth-order valence-electron chi connectivity index (χ4n) is 3.30. The summed E-state index contributed by atoms with van der Waals surface area (Å²) in [6, 6.07) is 15.3. The minimum atomic E-state index is 0.154. The molecular weight excluding hydrogens is 246 g/mol. The standard InChI is InChI=1S/C18H23NO/c1-14(15-8-5-6-9-15)19-18(17-12-7-13-20-17)16-10-3-2-4-11-16/h2-4,7,10-15,18-19H,5-6,8-9H2,1H3/t14-,18?/m1/s1. The highest BCUT2D eigenvalue weighted by Crippen LogP contribution is 2.30. The lowest BCUT2D eigenvalue weighted by atomic mass is 9.96. The van der Waals surface area contributed by atoms with Gasteiger partial charge in [-0.15, -0.1) is 0 Å². The van der Waals surface area contributed by atoms with Gasteiger partial charge in [-0.05, 0) is 43.4 Å². The van der Waals surface area contributed by atoms with E-state index in [2.05, 4.69) is 48.6 Å². The molecule has 1 unspecified atom stereocenters. The SMILES string of the molecule is C[C@@H](NC(c1ccccc1)c1ccco1)C1CCCC1. The highest BCUT2D eigenvalue weighted by molar-refractivity contribution is 5.26. The van der Waals surface area contributed by atoms with Gasteiger partial charge in [-0.1, -0.05) is 43.2 Å². The second kappa shape index (κ2) is 6.27. The average Bonchev–Trinajstić information content (AvgIpc) is 3.18. The van der Waals surface area contributed by atoms with Crippen molar-refractivity contribution >= 4 is 0 Å². The normalized spacial score (nSPS) is 19.1. The molecule has 2 aromatic rings. The lowest BCUT2D eigenvalue weighted by Crippen LogP contribution is -2.35. The maximum Gasteiger partial charge on any atom is 0.125 e. The fourth-order valence-corrected chi connectivity index (χ4v) is 3.30. The molecule has 20 heavy (non-hydrogen) atoms. The van der Waals surface area contributed by atoms with E-state index in [0.29, 0.717) is 6.04 Å². The van der Waals surface area contributed by atoms with Crippen LogP contribution in [0.3, 0.4) is 0 Å². The van der Waals surface area contributed by atoms with E-state index in [-0.39, 0.29) is 6.04 Å². The van der Waals surface area contributed by atoms with Crippen molar-refractivity contribution in [1.82, 2.24) is 5.32 Å². The van der Waals surface area contributed by atoms with Crippen LogP contribution >= 0.6 is 0 Å². The summed E-state index contributed by atoms with van der Waals surface area (Å²) >= 11 is 0. The van der Waals surface area contributed by atoms with Gasteiger partial charge >= 0.3 is 0 Å². The minimum absolute atomic E-state index is 0.154. The van der Waals surface area contributed by atoms with Gasteiger partial charge in [0.05, 0.1) is 12.3 Å². The van der Waals surface area contributed by atoms with E-state index >= 15 is 0 Å². The van der Waals surface area contributed by atoms with Crippen LogP contribution in [-0.4, -0.2) is 6.04 Å². The summed E-state index contributed by atoms with van der Waals surface area (Å²) < 4.78 is 5.65. The first kappa shape index (κ1) is 13.4. The quantitative estimate of drug-likeness (QED) is 0.862. The first-order valence-electron chi connectivity index (χ1n) is 7.69. The number of benzene rings is 1. The highest BCUT2D eigenvalue weighted by atomic mass is 16.3. The summed E-state index contributed by atoms with van der Waals surface area (Å²) in [5.74, 6) is 1.80. The number of furan rings is 1. The van der Waals surface area contributed by atoms with E-state index < -0.39 is 0 Å². The fraction of sp³-hybridized carbons (Fsp3) is 0.444. The maximum atomic E-state index is 5.65. The Labute approximate surface area is 121 Å². The molecule has 0 saturated heterocycles. The molecule has 1 aliphatic carbocycles. The van der Waals surface area contributed by atoms with E-state index in [4.69, 9.17) is 4.42 Å². The Kier molecular flexibility index (Phi) is 4.22. The molecule has 106 valence electrons. The number of hydrogen-bond acceptors (Lipinski definition) is 2. The van der Waals surface area contributed by atoms with Crippen LogP contribution in [0.5, 0.6) is 0 Å². The van der Waals surface area contributed by atoms with Crippen LogP contribution in [0.1, 0.15) is 50.0 Å². The van der Waals surface area contributed by atoms with Crippen molar-refractivity contribution in [2.45, 2.75) is 44.7 Å². The summed E-state index contributed by atoms with van der Waals surface area (Å²) in [6.07, 6.45) is 7.23. The third-order valence-corrected chi connectivity index (χ3v) is 4.50. The molecule has 2 nitrogen and oxygen atoms in total. The zero-order valence-electron chi connectivity index (χ0n) is 12.1. The van der Waals surface area contributed by atoms with Crippen LogP contribution < -0.4 is 5.32 Å². The largest absolute Gasteiger partial charge is 0.467 e. The topological polar surface area (TPSA) is 25.2 Å². The van der Waals surface area contributed by atoms with Crippen molar-refractivity contribution in [2.75, 3.05) is 0 Å². The Hall–Kier alpha value is -1.54. The monoisotopic (exact) mass is 269 g/mol. The lowest BCUT2D eigenvalue weighted by Gasteiger charge is -2.26. The molecule has 1 aromatic heterocycles. The van der Waals surface area contributed by atoms with Gasteiger partial charge in [0.2, 0.25) is 0 Å². The summed E-state index contributed by atoms with van der Waals surface area (Å²) in [4.78, 5) is 0. The van der Waals surface area contributed by atoms with Crippen LogP contribution in [0.4, 0.5) is 0 Å². The van der Waals surface area contributed by atoms with Crippen molar-refractivity contribution in [2.24, 2.45) is 5.92 Å². The first-order chi connectivity index (χ1) is 9.84. The predicted molar refractivity (Wildman–Crippen MR) is 81.5 cm³/mol. The van der Waals surface area contributed by atoms with Crippen LogP contribution in [0, 0.1) is 5.92 Å². The molecule has 0 bridgehead atoms. The van der Waals surface area contributed by atoms with Crippen LogP contribution in [-0.2, 0) is 0 Å². The molecule has 2 heteroatoms. The zero-order valence-corrected chi connectivity index (χ0v) is 12.1. The minimum Gasteiger partial charge on any atom is -0.467 e. The maximum absolute atomic E-state index is 5.65. The third kappa shape index (κ3) is 2.96. The van der Waals surface area contributed by atoms with E-state index in [1.165, 1.54) is 31.2 Å². The number of rotatable bonds is 5. The smallest absolute Gasteiger partial charge is 0.125 e. The molecule has 0 amide bonds. The lowest BCUT2D eigenvalue weighted by molar-refractivity contribution is 0.337. The molecule has 1 N–H and O–H groups in total. The molecule has 1 saturated carbocycles. The molecule has 0 spiro atoms. The Morgan fingerprint density at radius 3 is 2.45 bits per heavy atom. The average molecular weight is 269 g/mol. The van der Waals surface area contributed by atoms with E-state index in [9.17, 15) is 0 Å².